The van der Waals surface area contributed by atoms with E-state index in [1.54, 1.807) is 24.3 Å². The van der Waals surface area contributed by atoms with E-state index in [0.29, 0.717) is 16.4 Å². The lowest BCUT2D eigenvalue weighted by Crippen LogP contribution is -2.16. The minimum absolute atomic E-state index is 0.0129. The number of aryl methyl sites for hydroxylation is 2. The Bertz CT molecular complexity index is 1140. The maximum absolute atomic E-state index is 12.7. The van der Waals surface area contributed by atoms with E-state index in [4.69, 9.17) is 11.6 Å². The molecule has 3 aromatic carbocycles. The Morgan fingerprint density at radius 1 is 0.929 bits per heavy atom. The summed E-state index contributed by atoms with van der Waals surface area (Å²) in [6.07, 6.45) is 0. The van der Waals surface area contributed by atoms with Gasteiger partial charge in [-0.3, -0.25) is 9.52 Å². The highest BCUT2D eigenvalue weighted by Gasteiger charge is 2.17. The first kappa shape index (κ1) is 19.9. The second-order valence-corrected chi connectivity index (χ2v) is 8.54. The Morgan fingerprint density at radius 3 is 2.43 bits per heavy atom. The summed E-state index contributed by atoms with van der Waals surface area (Å²) in [5, 5.41) is 3.25. The highest BCUT2D eigenvalue weighted by molar-refractivity contribution is 7.92. The molecule has 3 aromatic rings. The van der Waals surface area contributed by atoms with Crippen molar-refractivity contribution in [2.45, 2.75) is 18.7 Å². The van der Waals surface area contributed by atoms with E-state index in [0.717, 1.165) is 11.1 Å². The lowest BCUT2D eigenvalue weighted by molar-refractivity contribution is 0.102. The number of nitrogens with one attached hydrogen (secondary N) is 2. The lowest BCUT2D eigenvalue weighted by atomic mass is 10.1. The van der Waals surface area contributed by atoms with Crippen LogP contribution in [-0.4, -0.2) is 14.3 Å². The molecular formula is C21H19ClN2O3S. The summed E-state index contributed by atoms with van der Waals surface area (Å²) >= 11 is 5.90. The van der Waals surface area contributed by atoms with Crippen molar-refractivity contribution in [2.24, 2.45) is 0 Å². The summed E-state index contributed by atoms with van der Waals surface area (Å²) in [5.74, 6) is -0.381. The maximum atomic E-state index is 12.7. The van der Waals surface area contributed by atoms with E-state index in [2.05, 4.69) is 10.0 Å². The van der Waals surface area contributed by atoms with Gasteiger partial charge in [-0.1, -0.05) is 35.9 Å². The molecule has 0 aliphatic carbocycles. The SMILES string of the molecule is Cc1ccc(C)c(NC(=O)c2cccc(S(=O)(=O)Nc3cccc(Cl)c3)c2)c1. The molecule has 0 unspecified atom stereocenters. The summed E-state index contributed by atoms with van der Waals surface area (Å²) in [4.78, 5) is 12.6. The molecule has 0 aromatic heterocycles. The summed E-state index contributed by atoms with van der Waals surface area (Å²) in [6, 6.07) is 18.0. The van der Waals surface area contributed by atoms with Gasteiger partial charge in [-0.15, -0.1) is 0 Å². The van der Waals surface area contributed by atoms with Crippen molar-refractivity contribution >= 4 is 38.9 Å². The third-order valence-corrected chi connectivity index (χ3v) is 5.74. The summed E-state index contributed by atoms with van der Waals surface area (Å²) < 4.78 is 27.8. The van der Waals surface area contributed by atoms with E-state index < -0.39 is 10.0 Å². The number of rotatable bonds is 5. The fourth-order valence-corrected chi connectivity index (χ4v) is 3.92. The highest BCUT2D eigenvalue weighted by Crippen LogP contribution is 2.21. The van der Waals surface area contributed by atoms with Gasteiger partial charge in [0.1, 0.15) is 0 Å². The molecule has 0 atom stereocenters. The normalized spacial score (nSPS) is 11.1. The Balaban J connectivity index is 1.85. The molecule has 0 aliphatic heterocycles. The van der Waals surface area contributed by atoms with Crippen LogP contribution in [0, 0.1) is 13.8 Å². The molecule has 0 spiro atoms. The summed E-state index contributed by atoms with van der Waals surface area (Å²) in [6.45, 7) is 3.83. The van der Waals surface area contributed by atoms with Gasteiger partial charge in [-0.05, 0) is 67.4 Å². The second kappa shape index (κ2) is 8.04. The number of carbonyl (C=O) groups excluding carboxylic acids is 1. The Hall–Kier alpha value is -2.83. The molecule has 0 saturated heterocycles. The van der Waals surface area contributed by atoms with E-state index >= 15 is 0 Å². The predicted octanol–water partition coefficient (Wildman–Crippen LogP) is 5.01. The molecule has 28 heavy (non-hydrogen) atoms. The molecule has 7 heteroatoms. The molecular weight excluding hydrogens is 396 g/mol. The van der Waals surface area contributed by atoms with Crippen molar-refractivity contribution in [3.63, 3.8) is 0 Å². The molecule has 3 rings (SSSR count). The monoisotopic (exact) mass is 414 g/mol. The number of hydrogen-bond acceptors (Lipinski definition) is 3. The van der Waals surface area contributed by atoms with Crippen LogP contribution < -0.4 is 10.0 Å². The molecule has 0 heterocycles. The lowest BCUT2D eigenvalue weighted by Gasteiger charge is -2.11. The Labute approximate surface area is 169 Å². The number of hydrogen-bond donors (Lipinski definition) is 2. The van der Waals surface area contributed by atoms with Gasteiger partial charge in [0.05, 0.1) is 10.6 Å². The molecule has 0 radical (unpaired) electrons. The van der Waals surface area contributed by atoms with E-state index in [1.165, 1.54) is 24.3 Å². The van der Waals surface area contributed by atoms with Gasteiger partial charge < -0.3 is 5.32 Å². The number of carbonyl (C=O) groups is 1. The predicted molar refractivity (Wildman–Crippen MR) is 113 cm³/mol. The third-order valence-electron chi connectivity index (χ3n) is 4.12. The number of halogens is 1. The third kappa shape index (κ3) is 4.71. The van der Waals surface area contributed by atoms with Crippen LogP contribution in [-0.2, 0) is 10.0 Å². The number of sulfonamides is 1. The fraction of sp³-hybridized carbons (Fsp3) is 0.0952. The number of amides is 1. The van der Waals surface area contributed by atoms with Crippen LogP contribution in [0.1, 0.15) is 21.5 Å². The van der Waals surface area contributed by atoms with Crippen LogP contribution in [0.25, 0.3) is 0 Å². The zero-order valence-electron chi connectivity index (χ0n) is 15.4. The zero-order valence-corrected chi connectivity index (χ0v) is 16.9. The minimum atomic E-state index is -3.86. The first-order valence-electron chi connectivity index (χ1n) is 8.52. The fourth-order valence-electron chi connectivity index (χ4n) is 2.64. The smallest absolute Gasteiger partial charge is 0.261 e. The van der Waals surface area contributed by atoms with Crippen LogP contribution in [0.5, 0.6) is 0 Å². The zero-order chi connectivity index (χ0) is 20.3. The molecule has 0 saturated carbocycles. The average Bonchev–Trinajstić information content (AvgIpc) is 2.64. The van der Waals surface area contributed by atoms with Crippen molar-refractivity contribution in [3.05, 3.63) is 88.4 Å². The Kier molecular flexibility index (Phi) is 5.72. The van der Waals surface area contributed by atoms with E-state index in [1.807, 2.05) is 32.0 Å². The molecule has 5 nitrogen and oxygen atoms in total. The van der Waals surface area contributed by atoms with E-state index in [9.17, 15) is 13.2 Å². The highest BCUT2D eigenvalue weighted by atomic mass is 35.5. The molecule has 2 N–H and O–H groups in total. The van der Waals surface area contributed by atoms with Crippen molar-refractivity contribution in [1.29, 1.82) is 0 Å². The van der Waals surface area contributed by atoms with Gasteiger partial charge in [0, 0.05) is 16.3 Å². The van der Waals surface area contributed by atoms with Crippen molar-refractivity contribution in [3.8, 4) is 0 Å². The first-order valence-corrected chi connectivity index (χ1v) is 10.4. The standard InChI is InChI=1S/C21H19ClN2O3S/c1-14-9-10-15(2)20(11-14)23-21(25)16-5-3-8-19(12-16)28(26,27)24-18-7-4-6-17(22)13-18/h3-13,24H,1-2H3,(H,23,25). The van der Waals surface area contributed by atoms with Crippen molar-refractivity contribution in [1.82, 2.24) is 0 Å². The Morgan fingerprint density at radius 2 is 1.68 bits per heavy atom. The van der Waals surface area contributed by atoms with E-state index in [-0.39, 0.29) is 16.4 Å². The number of benzene rings is 3. The van der Waals surface area contributed by atoms with Crippen molar-refractivity contribution in [2.75, 3.05) is 10.0 Å². The second-order valence-electron chi connectivity index (χ2n) is 6.42. The van der Waals surface area contributed by atoms with Gasteiger partial charge in [0.2, 0.25) is 0 Å². The van der Waals surface area contributed by atoms with Crippen LogP contribution >= 0.6 is 11.6 Å². The van der Waals surface area contributed by atoms with Gasteiger partial charge in [-0.2, -0.15) is 0 Å². The summed E-state index contributed by atoms with van der Waals surface area (Å²) in [5.41, 5.74) is 3.22. The average molecular weight is 415 g/mol. The van der Waals surface area contributed by atoms with Gasteiger partial charge >= 0.3 is 0 Å². The summed E-state index contributed by atoms with van der Waals surface area (Å²) in [7, 11) is -3.86. The number of anilines is 2. The molecule has 144 valence electrons. The topological polar surface area (TPSA) is 75.3 Å². The van der Waals surface area contributed by atoms with Crippen LogP contribution in [0.3, 0.4) is 0 Å². The van der Waals surface area contributed by atoms with Crippen LogP contribution in [0.15, 0.2) is 71.6 Å². The van der Waals surface area contributed by atoms with Crippen LogP contribution in [0.2, 0.25) is 5.02 Å². The quantitative estimate of drug-likeness (QED) is 0.616. The first-order chi connectivity index (χ1) is 13.2. The van der Waals surface area contributed by atoms with Crippen LogP contribution in [0.4, 0.5) is 11.4 Å². The van der Waals surface area contributed by atoms with Gasteiger partial charge in [-0.25, -0.2) is 8.42 Å². The van der Waals surface area contributed by atoms with Gasteiger partial charge in [0.25, 0.3) is 15.9 Å². The van der Waals surface area contributed by atoms with Gasteiger partial charge in [0.15, 0.2) is 0 Å². The molecule has 0 bridgehead atoms. The molecule has 0 aliphatic rings. The maximum Gasteiger partial charge on any atom is 0.261 e. The van der Waals surface area contributed by atoms with Crippen molar-refractivity contribution < 1.29 is 13.2 Å². The largest absolute Gasteiger partial charge is 0.322 e. The minimum Gasteiger partial charge on any atom is -0.322 e. The molecule has 0 fully saturated rings. The molecule has 1 amide bonds.